The Bertz CT molecular complexity index is 61.5. The van der Waals surface area contributed by atoms with Gasteiger partial charge in [0.1, 0.15) is 6.61 Å². The van der Waals surface area contributed by atoms with Crippen LogP contribution in [0, 0.1) is 0 Å². The molecular formula is C6H13NO. The first-order valence-electron chi connectivity index (χ1n) is 3.05. The molecule has 8 heavy (non-hydrogen) atoms. The number of oxime groups is 1. The van der Waals surface area contributed by atoms with Gasteiger partial charge in [-0.15, -0.1) is 0 Å². The van der Waals surface area contributed by atoms with Crippen LogP contribution in [0.4, 0.5) is 0 Å². The van der Waals surface area contributed by atoms with Gasteiger partial charge in [-0.2, -0.15) is 0 Å². The molecule has 0 amide bonds. The lowest BCUT2D eigenvalue weighted by atomic mass is 10.5. The summed E-state index contributed by atoms with van der Waals surface area (Å²) >= 11 is 0. The minimum atomic E-state index is 0.733. The van der Waals surface area contributed by atoms with Crippen molar-refractivity contribution in [3.05, 3.63) is 0 Å². The van der Waals surface area contributed by atoms with Crippen molar-refractivity contribution in [1.82, 2.24) is 0 Å². The summed E-state index contributed by atoms with van der Waals surface area (Å²) in [7, 11) is 0. The molecule has 48 valence electrons. The molecule has 0 aliphatic carbocycles. The van der Waals surface area contributed by atoms with Crippen LogP contribution < -0.4 is 0 Å². The molecule has 0 atom stereocenters. The van der Waals surface area contributed by atoms with Crippen LogP contribution in [0.2, 0.25) is 0 Å². The van der Waals surface area contributed by atoms with Crippen LogP contribution in [0.15, 0.2) is 5.16 Å². The maximum Gasteiger partial charge on any atom is 0.116 e. The molecule has 0 saturated carbocycles. The van der Waals surface area contributed by atoms with E-state index in [2.05, 4.69) is 12.1 Å². The Balaban J connectivity index is 2.80. The molecule has 0 rings (SSSR count). The van der Waals surface area contributed by atoms with E-state index in [0.29, 0.717) is 0 Å². The maximum absolute atomic E-state index is 4.79. The van der Waals surface area contributed by atoms with E-state index >= 15 is 0 Å². The number of hydrogen-bond acceptors (Lipinski definition) is 2. The van der Waals surface area contributed by atoms with Crippen LogP contribution in [0.3, 0.4) is 0 Å². The summed E-state index contributed by atoms with van der Waals surface area (Å²) in [5, 5.41) is 3.65. The summed E-state index contributed by atoms with van der Waals surface area (Å²) in [4.78, 5) is 4.79. The fourth-order valence-electron chi connectivity index (χ4n) is 0.271. The zero-order valence-electron chi connectivity index (χ0n) is 5.55. The number of rotatable bonds is 4. The second kappa shape index (κ2) is 6.47. The molecular weight excluding hydrogens is 102 g/mol. The van der Waals surface area contributed by atoms with E-state index < -0.39 is 0 Å². The zero-order chi connectivity index (χ0) is 6.24. The SMILES string of the molecule is CC/C=N/OCCC. The standard InChI is InChI=1S/C6H13NO/c1-3-5-7-8-6-4-2/h5H,3-4,6H2,1-2H3/b7-5+. The summed E-state index contributed by atoms with van der Waals surface area (Å²) < 4.78 is 0. The Kier molecular flexibility index (Phi) is 6.04. The van der Waals surface area contributed by atoms with Crippen molar-refractivity contribution in [2.45, 2.75) is 26.7 Å². The first kappa shape index (κ1) is 7.47. The lowest BCUT2D eigenvalue weighted by molar-refractivity contribution is 0.146. The fourth-order valence-corrected chi connectivity index (χ4v) is 0.271. The first-order valence-corrected chi connectivity index (χ1v) is 3.05. The van der Waals surface area contributed by atoms with Gasteiger partial charge in [-0.05, 0) is 12.8 Å². The molecule has 0 unspecified atom stereocenters. The first-order chi connectivity index (χ1) is 3.91. The highest BCUT2D eigenvalue weighted by Gasteiger charge is 1.73. The summed E-state index contributed by atoms with van der Waals surface area (Å²) in [6.07, 6.45) is 3.74. The van der Waals surface area contributed by atoms with E-state index in [0.717, 1.165) is 19.4 Å². The highest BCUT2D eigenvalue weighted by molar-refractivity contribution is 5.55. The van der Waals surface area contributed by atoms with Crippen molar-refractivity contribution in [2.75, 3.05) is 6.61 Å². The Morgan fingerprint density at radius 3 is 2.75 bits per heavy atom. The smallest absolute Gasteiger partial charge is 0.116 e. The van der Waals surface area contributed by atoms with E-state index in [1.54, 1.807) is 6.21 Å². The molecule has 2 heteroatoms. The van der Waals surface area contributed by atoms with Crippen LogP contribution in [0.25, 0.3) is 0 Å². The zero-order valence-corrected chi connectivity index (χ0v) is 5.55. The summed E-state index contributed by atoms with van der Waals surface area (Å²) in [5.74, 6) is 0. The van der Waals surface area contributed by atoms with Gasteiger partial charge in [0.25, 0.3) is 0 Å². The Hall–Kier alpha value is -0.530. The lowest BCUT2D eigenvalue weighted by Crippen LogP contribution is -1.83. The van der Waals surface area contributed by atoms with Crippen LogP contribution in [0.1, 0.15) is 26.7 Å². The largest absolute Gasteiger partial charge is 0.396 e. The summed E-state index contributed by atoms with van der Waals surface area (Å²) in [6.45, 7) is 4.82. The van der Waals surface area contributed by atoms with Gasteiger partial charge < -0.3 is 4.84 Å². The van der Waals surface area contributed by atoms with Gasteiger partial charge in [-0.1, -0.05) is 19.0 Å². The van der Waals surface area contributed by atoms with Gasteiger partial charge >= 0.3 is 0 Å². The van der Waals surface area contributed by atoms with Crippen LogP contribution >= 0.6 is 0 Å². The van der Waals surface area contributed by atoms with Crippen molar-refractivity contribution in [3.8, 4) is 0 Å². The van der Waals surface area contributed by atoms with Crippen LogP contribution in [0.5, 0.6) is 0 Å². The van der Waals surface area contributed by atoms with Gasteiger partial charge in [0.15, 0.2) is 0 Å². The third-order valence-electron chi connectivity index (χ3n) is 0.627. The molecule has 0 N–H and O–H groups in total. The Morgan fingerprint density at radius 2 is 2.25 bits per heavy atom. The highest BCUT2D eigenvalue weighted by Crippen LogP contribution is 1.79. The van der Waals surface area contributed by atoms with E-state index in [1.165, 1.54) is 0 Å². The lowest BCUT2D eigenvalue weighted by Gasteiger charge is -1.90. The van der Waals surface area contributed by atoms with Gasteiger partial charge in [0.2, 0.25) is 0 Å². The van der Waals surface area contributed by atoms with Crippen molar-refractivity contribution >= 4 is 6.21 Å². The number of nitrogens with zero attached hydrogens (tertiary/aromatic N) is 1. The second-order valence-corrected chi connectivity index (χ2v) is 1.53. The normalized spacial score (nSPS) is 10.2. The van der Waals surface area contributed by atoms with Crippen molar-refractivity contribution in [1.29, 1.82) is 0 Å². The van der Waals surface area contributed by atoms with Gasteiger partial charge in [0, 0.05) is 6.21 Å². The summed E-state index contributed by atoms with van der Waals surface area (Å²) in [5.41, 5.74) is 0. The van der Waals surface area contributed by atoms with Crippen LogP contribution in [-0.4, -0.2) is 12.8 Å². The average molecular weight is 115 g/mol. The molecule has 0 aromatic rings. The van der Waals surface area contributed by atoms with E-state index in [1.807, 2.05) is 6.92 Å². The summed E-state index contributed by atoms with van der Waals surface area (Å²) in [6, 6.07) is 0. The molecule has 0 fully saturated rings. The third kappa shape index (κ3) is 5.47. The molecule has 0 aromatic carbocycles. The Morgan fingerprint density at radius 1 is 1.50 bits per heavy atom. The second-order valence-electron chi connectivity index (χ2n) is 1.53. The highest BCUT2D eigenvalue weighted by atomic mass is 16.6. The predicted molar refractivity (Wildman–Crippen MR) is 35.0 cm³/mol. The van der Waals surface area contributed by atoms with Crippen molar-refractivity contribution in [2.24, 2.45) is 5.16 Å². The molecule has 0 spiro atoms. The van der Waals surface area contributed by atoms with Gasteiger partial charge in [-0.3, -0.25) is 0 Å². The topological polar surface area (TPSA) is 21.6 Å². The van der Waals surface area contributed by atoms with Crippen LogP contribution in [-0.2, 0) is 4.84 Å². The molecule has 0 saturated heterocycles. The van der Waals surface area contributed by atoms with E-state index in [-0.39, 0.29) is 0 Å². The molecule has 0 bridgehead atoms. The molecule has 0 aromatic heterocycles. The predicted octanol–water partition coefficient (Wildman–Crippen LogP) is 1.81. The van der Waals surface area contributed by atoms with E-state index in [4.69, 9.17) is 4.84 Å². The molecule has 2 nitrogen and oxygen atoms in total. The van der Waals surface area contributed by atoms with Crippen molar-refractivity contribution < 1.29 is 4.84 Å². The fraction of sp³-hybridized carbons (Fsp3) is 0.833. The minimum Gasteiger partial charge on any atom is -0.396 e. The number of hydrogen-bond donors (Lipinski definition) is 0. The van der Waals surface area contributed by atoms with Gasteiger partial charge in [0.05, 0.1) is 0 Å². The quantitative estimate of drug-likeness (QED) is 0.311. The molecule has 0 heterocycles. The molecule has 0 aliphatic heterocycles. The van der Waals surface area contributed by atoms with E-state index in [9.17, 15) is 0 Å². The minimum absolute atomic E-state index is 0.733. The Labute approximate surface area is 50.5 Å². The maximum atomic E-state index is 4.79. The van der Waals surface area contributed by atoms with Crippen molar-refractivity contribution in [3.63, 3.8) is 0 Å². The monoisotopic (exact) mass is 115 g/mol. The average Bonchev–Trinajstić information content (AvgIpc) is 1.81. The van der Waals surface area contributed by atoms with Gasteiger partial charge in [-0.25, -0.2) is 0 Å². The molecule has 0 radical (unpaired) electrons. The third-order valence-corrected chi connectivity index (χ3v) is 0.627. The molecule has 0 aliphatic rings.